The van der Waals surface area contributed by atoms with Crippen LogP contribution in [0.2, 0.25) is 0 Å². The second kappa shape index (κ2) is 9.29. The number of alkyl halides is 3. The molecule has 0 saturated carbocycles. The average Bonchev–Trinajstić information content (AvgIpc) is 3.29. The molecule has 0 radical (unpaired) electrons. The SMILES string of the molecule is Cc1ccc(NC(=O)c2cnc([C@@H](C)NC(=O)c3ncnc4c3CNC(=O)N4)s2)cc1C(F)(F)F. The Labute approximate surface area is 200 Å². The number of amides is 4. The van der Waals surface area contributed by atoms with Gasteiger partial charge in [-0.15, -0.1) is 11.3 Å². The predicted molar refractivity (Wildman–Crippen MR) is 120 cm³/mol. The maximum absolute atomic E-state index is 13.1. The summed E-state index contributed by atoms with van der Waals surface area (Å²) in [6, 6.07) is 2.48. The van der Waals surface area contributed by atoms with Gasteiger partial charge in [0.05, 0.1) is 24.3 Å². The van der Waals surface area contributed by atoms with Crippen LogP contribution in [0, 0.1) is 6.92 Å². The molecule has 3 aromatic rings. The summed E-state index contributed by atoms with van der Waals surface area (Å²) in [5.41, 5.74) is -0.295. The van der Waals surface area contributed by atoms with Gasteiger partial charge in [0, 0.05) is 11.3 Å². The molecule has 1 atom stereocenters. The highest BCUT2D eigenvalue weighted by atomic mass is 32.1. The summed E-state index contributed by atoms with van der Waals surface area (Å²) in [5, 5.41) is 10.6. The van der Waals surface area contributed by atoms with Gasteiger partial charge in [-0.05, 0) is 31.5 Å². The monoisotopic (exact) mass is 505 g/mol. The van der Waals surface area contributed by atoms with Gasteiger partial charge in [0.25, 0.3) is 11.8 Å². The van der Waals surface area contributed by atoms with Crippen molar-refractivity contribution in [2.45, 2.75) is 32.6 Å². The number of carbonyl (C=O) groups is 3. The highest BCUT2D eigenvalue weighted by Gasteiger charge is 2.32. The van der Waals surface area contributed by atoms with Gasteiger partial charge in [-0.1, -0.05) is 6.07 Å². The number of aryl methyl sites for hydroxylation is 1. The molecular weight excluding hydrogens is 487 g/mol. The van der Waals surface area contributed by atoms with E-state index in [0.717, 1.165) is 23.7 Å². The van der Waals surface area contributed by atoms with Gasteiger partial charge in [-0.25, -0.2) is 19.7 Å². The number of hydrogen-bond acceptors (Lipinski definition) is 7. The molecule has 35 heavy (non-hydrogen) atoms. The van der Waals surface area contributed by atoms with Crippen LogP contribution in [0.3, 0.4) is 0 Å². The molecule has 0 spiro atoms. The first-order valence-corrected chi connectivity index (χ1v) is 11.0. The van der Waals surface area contributed by atoms with E-state index in [4.69, 9.17) is 0 Å². The van der Waals surface area contributed by atoms with Crippen molar-refractivity contribution in [2.24, 2.45) is 0 Å². The van der Waals surface area contributed by atoms with Crippen LogP contribution < -0.4 is 21.3 Å². The van der Waals surface area contributed by atoms with Crippen molar-refractivity contribution in [2.75, 3.05) is 10.6 Å². The first kappa shape index (κ1) is 24.1. The zero-order valence-electron chi connectivity index (χ0n) is 18.3. The lowest BCUT2D eigenvalue weighted by Crippen LogP contribution is -2.37. The Hall–Kier alpha value is -4.07. The first-order valence-electron chi connectivity index (χ1n) is 10.2. The smallest absolute Gasteiger partial charge is 0.342 e. The lowest BCUT2D eigenvalue weighted by Gasteiger charge is -2.19. The van der Waals surface area contributed by atoms with Crippen molar-refractivity contribution in [1.29, 1.82) is 0 Å². The molecule has 1 aromatic carbocycles. The fraction of sp³-hybridized carbons (Fsp3) is 0.238. The fourth-order valence-corrected chi connectivity index (χ4v) is 4.14. The number of thiazole rings is 1. The fourth-order valence-electron chi connectivity index (χ4n) is 3.32. The van der Waals surface area contributed by atoms with E-state index in [0.29, 0.717) is 10.6 Å². The molecular formula is C21H18F3N7O3S. The summed E-state index contributed by atoms with van der Waals surface area (Å²) >= 11 is 0.985. The van der Waals surface area contributed by atoms with Crippen molar-refractivity contribution in [3.63, 3.8) is 0 Å². The number of hydrogen-bond donors (Lipinski definition) is 4. The number of urea groups is 1. The topological polar surface area (TPSA) is 138 Å². The molecule has 4 rings (SSSR count). The number of nitrogens with one attached hydrogen (secondary N) is 4. The second-order valence-corrected chi connectivity index (χ2v) is 8.66. The standard InChI is InChI=1S/C21H18F3N7O3S/c1-9-3-4-11(5-13(9)21(22,23)24)30-17(32)14-7-25-19(35-14)10(2)29-18(33)15-12-6-26-20(34)31-16(12)28-8-27-15/h3-5,7-8,10H,6H2,1-2H3,(H,29,33)(H,30,32)(H2,26,27,28,31,34)/t10-/m1/s1. The van der Waals surface area contributed by atoms with E-state index in [2.05, 4.69) is 36.2 Å². The Morgan fingerprint density at radius 3 is 2.69 bits per heavy atom. The molecule has 14 heteroatoms. The minimum absolute atomic E-state index is 0.00142. The van der Waals surface area contributed by atoms with Gasteiger partial charge in [0.1, 0.15) is 27.7 Å². The van der Waals surface area contributed by atoms with E-state index >= 15 is 0 Å². The molecule has 0 aliphatic carbocycles. The van der Waals surface area contributed by atoms with Gasteiger partial charge >= 0.3 is 12.2 Å². The molecule has 4 amide bonds. The number of benzene rings is 1. The minimum Gasteiger partial charge on any atom is -0.342 e. The third-order valence-corrected chi connectivity index (χ3v) is 6.26. The van der Waals surface area contributed by atoms with Gasteiger partial charge in [0.15, 0.2) is 0 Å². The zero-order chi connectivity index (χ0) is 25.3. The largest absolute Gasteiger partial charge is 0.416 e. The predicted octanol–water partition coefficient (Wildman–Crippen LogP) is 3.64. The highest BCUT2D eigenvalue weighted by Crippen LogP contribution is 2.33. The third-order valence-electron chi connectivity index (χ3n) is 5.08. The van der Waals surface area contributed by atoms with Crippen molar-refractivity contribution >= 4 is 40.7 Å². The third kappa shape index (κ3) is 5.21. The minimum atomic E-state index is -4.54. The highest BCUT2D eigenvalue weighted by molar-refractivity contribution is 7.13. The lowest BCUT2D eigenvalue weighted by atomic mass is 10.1. The Kier molecular flexibility index (Phi) is 6.39. The molecule has 3 heterocycles. The molecule has 2 aromatic heterocycles. The zero-order valence-corrected chi connectivity index (χ0v) is 19.1. The van der Waals surface area contributed by atoms with Crippen molar-refractivity contribution in [3.05, 3.63) is 63.0 Å². The van der Waals surface area contributed by atoms with Gasteiger partial charge < -0.3 is 16.0 Å². The van der Waals surface area contributed by atoms with Crippen LogP contribution in [-0.4, -0.2) is 32.8 Å². The van der Waals surface area contributed by atoms with Crippen LogP contribution in [0.4, 0.5) is 29.5 Å². The lowest BCUT2D eigenvalue weighted by molar-refractivity contribution is -0.138. The quantitative estimate of drug-likeness (QED) is 0.418. The first-order chi connectivity index (χ1) is 16.5. The maximum atomic E-state index is 13.1. The number of aromatic nitrogens is 3. The van der Waals surface area contributed by atoms with Crippen LogP contribution in [0.5, 0.6) is 0 Å². The molecule has 0 fully saturated rings. The number of nitrogens with zero attached hydrogens (tertiary/aromatic N) is 3. The van der Waals surface area contributed by atoms with Crippen LogP contribution in [-0.2, 0) is 12.7 Å². The van der Waals surface area contributed by atoms with E-state index in [1.165, 1.54) is 25.3 Å². The van der Waals surface area contributed by atoms with Crippen LogP contribution in [0.1, 0.15) is 54.8 Å². The van der Waals surface area contributed by atoms with Crippen LogP contribution in [0.25, 0.3) is 0 Å². The number of rotatable bonds is 5. The number of carbonyl (C=O) groups excluding carboxylic acids is 3. The normalized spacial score (nSPS) is 13.8. The van der Waals surface area contributed by atoms with Crippen molar-refractivity contribution in [3.8, 4) is 0 Å². The maximum Gasteiger partial charge on any atom is 0.416 e. The molecule has 0 unspecified atom stereocenters. The van der Waals surface area contributed by atoms with Gasteiger partial charge in [0.2, 0.25) is 0 Å². The van der Waals surface area contributed by atoms with Gasteiger partial charge in [-0.3, -0.25) is 14.9 Å². The van der Waals surface area contributed by atoms with E-state index in [-0.39, 0.29) is 34.2 Å². The van der Waals surface area contributed by atoms with Gasteiger partial charge in [-0.2, -0.15) is 13.2 Å². The summed E-state index contributed by atoms with van der Waals surface area (Å²) < 4.78 is 39.4. The van der Waals surface area contributed by atoms with Crippen molar-refractivity contribution in [1.82, 2.24) is 25.6 Å². The van der Waals surface area contributed by atoms with Crippen LogP contribution >= 0.6 is 11.3 Å². The summed E-state index contributed by atoms with van der Waals surface area (Å²) in [6.45, 7) is 3.07. The Balaban J connectivity index is 1.44. The summed E-state index contributed by atoms with van der Waals surface area (Å²) in [6.07, 6.45) is -2.10. The second-order valence-electron chi connectivity index (χ2n) is 7.60. The Morgan fingerprint density at radius 1 is 1.17 bits per heavy atom. The molecule has 10 nitrogen and oxygen atoms in total. The van der Waals surface area contributed by atoms with Crippen LogP contribution in [0.15, 0.2) is 30.7 Å². The average molecular weight is 505 g/mol. The van der Waals surface area contributed by atoms with E-state index in [1.54, 1.807) is 6.92 Å². The van der Waals surface area contributed by atoms with E-state index in [1.807, 2.05) is 0 Å². The summed E-state index contributed by atoms with van der Waals surface area (Å²) in [7, 11) is 0. The number of anilines is 2. The number of halogens is 3. The molecule has 1 aliphatic heterocycles. The Bertz CT molecular complexity index is 1330. The van der Waals surface area contributed by atoms with E-state index in [9.17, 15) is 27.6 Å². The molecule has 0 saturated heterocycles. The summed E-state index contributed by atoms with van der Waals surface area (Å²) in [4.78, 5) is 49.0. The molecule has 4 N–H and O–H groups in total. The number of fused-ring (bicyclic) bond motifs is 1. The summed E-state index contributed by atoms with van der Waals surface area (Å²) in [5.74, 6) is -0.926. The molecule has 182 valence electrons. The Morgan fingerprint density at radius 2 is 1.94 bits per heavy atom. The van der Waals surface area contributed by atoms with Crippen molar-refractivity contribution < 1.29 is 27.6 Å². The molecule has 1 aliphatic rings. The van der Waals surface area contributed by atoms with E-state index < -0.39 is 35.6 Å². The molecule has 0 bridgehead atoms.